The minimum atomic E-state index is 0. The highest BCUT2D eigenvalue weighted by atomic mass is 127. The summed E-state index contributed by atoms with van der Waals surface area (Å²) >= 11 is 1.79. The van der Waals surface area contributed by atoms with E-state index < -0.39 is 0 Å². The molecule has 1 aromatic heterocycles. The van der Waals surface area contributed by atoms with Crippen LogP contribution in [-0.2, 0) is 11.2 Å². The number of halogens is 1. The molecule has 160 valence electrons. The number of ether oxygens (including phenoxy) is 2. The number of aliphatic imine (C=N–C) groups is 1. The topological polar surface area (TPSA) is 58.1 Å². The summed E-state index contributed by atoms with van der Waals surface area (Å²) in [6, 6.07) is 12.9. The molecule has 3 rings (SSSR count). The van der Waals surface area contributed by atoms with Gasteiger partial charge in [0.05, 0.1) is 26.4 Å². The molecule has 0 aliphatic carbocycles. The first-order valence-electron chi connectivity index (χ1n) is 9.73. The third-order valence-electron chi connectivity index (χ3n) is 4.92. The molecule has 0 saturated carbocycles. The van der Waals surface area contributed by atoms with Crippen LogP contribution in [0, 0.1) is 0 Å². The van der Waals surface area contributed by atoms with Gasteiger partial charge in [0.2, 0.25) is 0 Å². The van der Waals surface area contributed by atoms with Gasteiger partial charge in [-0.1, -0.05) is 18.2 Å². The molecule has 2 aromatic rings. The third-order valence-corrected chi connectivity index (χ3v) is 5.85. The van der Waals surface area contributed by atoms with Gasteiger partial charge in [-0.2, -0.15) is 0 Å². The summed E-state index contributed by atoms with van der Waals surface area (Å²) in [6.07, 6.45) is 1.00. The minimum Gasteiger partial charge on any atom is -0.497 e. The normalized spacial score (nSPS) is 16.0. The smallest absolute Gasteiger partial charge is 0.191 e. The molecule has 8 heteroatoms. The zero-order valence-electron chi connectivity index (χ0n) is 17.1. The highest BCUT2D eigenvalue weighted by Crippen LogP contribution is 2.23. The fourth-order valence-electron chi connectivity index (χ4n) is 3.35. The number of morpholine rings is 1. The van der Waals surface area contributed by atoms with Crippen LogP contribution in [-0.4, -0.2) is 64.4 Å². The fourth-order valence-corrected chi connectivity index (χ4v) is 4.05. The van der Waals surface area contributed by atoms with E-state index in [1.54, 1.807) is 18.4 Å². The summed E-state index contributed by atoms with van der Waals surface area (Å²) in [4.78, 5) is 8.23. The standard InChI is InChI=1S/C21H30N4O2S.HI/c1-22-21(23-10-9-19-4-3-15-28-19)24-16-20(25-11-13-27-14-12-25)17-5-7-18(26-2)8-6-17;/h3-8,15,20H,9-14,16H2,1-2H3,(H2,22,23,24);1H. The molecule has 2 N–H and O–H groups in total. The molecule has 6 nitrogen and oxygen atoms in total. The van der Waals surface area contributed by atoms with Crippen molar-refractivity contribution < 1.29 is 9.47 Å². The van der Waals surface area contributed by atoms with Crippen LogP contribution in [0.15, 0.2) is 46.8 Å². The Labute approximate surface area is 194 Å². The SMILES string of the molecule is CN=C(NCCc1cccs1)NCC(c1ccc(OC)cc1)N1CCOCC1.I. The summed E-state index contributed by atoms with van der Waals surface area (Å²) in [5.41, 5.74) is 1.27. The molecule has 1 aliphatic rings. The van der Waals surface area contributed by atoms with E-state index in [1.165, 1.54) is 10.4 Å². The van der Waals surface area contributed by atoms with Gasteiger partial charge in [-0.05, 0) is 35.6 Å². The Balaban J connectivity index is 0.00000300. The Bertz CT molecular complexity index is 719. The molecular formula is C21H31IN4O2S. The Morgan fingerprint density at radius 2 is 1.97 bits per heavy atom. The molecule has 1 aromatic carbocycles. The number of thiophene rings is 1. The van der Waals surface area contributed by atoms with Crippen molar-refractivity contribution in [1.29, 1.82) is 0 Å². The first-order chi connectivity index (χ1) is 13.8. The molecule has 0 bridgehead atoms. The number of guanidine groups is 1. The summed E-state index contributed by atoms with van der Waals surface area (Å²) in [6.45, 7) is 5.07. The lowest BCUT2D eigenvalue weighted by Crippen LogP contribution is -2.46. The van der Waals surface area contributed by atoms with Gasteiger partial charge >= 0.3 is 0 Å². The molecule has 1 fully saturated rings. The maximum absolute atomic E-state index is 5.54. The van der Waals surface area contributed by atoms with Gasteiger partial charge in [-0.25, -0.2) is 0 Å². The van der Waals surface area contributed by atoms with Crippen molar-refractivity contribution in [2.45, 2.75) is 12.5 Å². The summed E-state index contributed by atoms with van der Waals surface area (Å²) in [5.74, 6) is 1.71. The van der Waals surface area contributed by atoms with Gasteiger partial charge in [-0.3, -0.25) is 9.89 Å². The van der Waals surface area contributed by atoms with Gasteiger partial charge in [0.25, 0.3) is 0 Å². The number of hydrogen-bond donors (Lipinski definition) is 2. The quantitative estimate of drug-likeness (QED) is 0.312. The van der Waals surface area contributed by atoms with Crippen molar-refractivity contribution in [2.24, 2.45) is 4.99 Å². The van der Waals surface area contributed by atoms with E-state index in [4.69, 9.17) is 9.47 Å². The van der Waals surface area contributed by atoms with Crippen LogP contribution in [0.3, 0.4) is 0 Å². The number of methoxy groups -OCH3 is 1. The van der Waals surface area contributed by atoms with Crippen LogP contribution < -0.4 is 15.4 Å². The van der Waals surface area contributed by atoms with Crippen molar-refractivity contribution in [3.63, 3.8) is 0 Å². The van der Waals surface area contributed by atoms with E-state index >= 15 is 0 Å². The summed E-state index contributed by atoms with van der Waals surface area (Å²) in [5, 5.41) is 9.04. The summed E-state index contributed by atoms with van der Waals surface area (Å²) < 4.78 is 10.8. The Morgan fingerprint density at radius 3 is 2.59 bits per heavy atom. The van der Waals surface area contributed by atoms with Gasteiger partial charge in [0.15, 0.2) is 5.96 Å². The molecular weight excluding hydrogens is 499 g/mol. The largest absolute Gasteiger partial charge is 0.497 e. The van der Waals surface area contributed by atoms with E-state index in [-0.39, 0.29) is 30.0 Å². The molecule has 1 aliphatic heterocycles. The van der Waals surface area contributed by atoms with Crippen LogP contribution in [0.4, 0.5) is 0 Å². The second-order valence-corrected chi connectivity index (χ2v) is 7.68. The Morgan fingerprint density at radius 1 is 1.21 bits per heavy atom. The number of hydrogen-bond acceptors (Lipinski definition) is 5. The molecule has 0 amide bonds. The van der Waals surface area contributed by atoms with Crippen molar-refractivity contribution in [1.82, 2.24) is 15.5 Å². The maximum Gasteiger partial charge on any atom is 0.191 e. The zero-order chi connectivity index (χ0) is 19.6. The van der Waals surface area contributed by atoms with E-state index in [9.17, 15) is 0 Å². The number of nitrogens with zero attached hydrogens (tertiary/aromatic N) is 2. The number of nitrogens with one attached hydrogen (secondary N) is 2. The second kappa shape index (κ2) is 13.0. The minimum absolute atomic E-state index is 0. The Kier molecular flexibility index (Phi) is 10.8. The average Bonchev–Trinajstić information content (AvgIpc) is 3.27. The van der Waals surface area contributed by atoms with Crippen molar-refractivity contribution in [2.75, 3.05) is 53.6 Å². The van der Waals surface area contributed by atoms with E-state index in [0.29, 0.717) is 0 Å². The highest BCUT2D eigenvalue weighted by Gasteiger charge is 2.23. The first kappa shape index (κ1) is 23.9. The van der Waals surface area contributed by atoms with Gasteiger partial charge in [-0.15, -0.1) is 35.3 Å². The van der Waals surface area contributed by atoms with E-state index in [1.807, 2.05) is 19.2 Å². The van der Waals surface area contributed by atoms with E-state index in [0.717, 1.165) is 57.5 Å². The lowest BCUT2D eigenvalue weighted by molar-refractivity contribution is 0.0170. The molecule has 1 atom stereocenters. The van der Waals surface area contributed by atoms with Crippen LogP contribution >= 0.6 is 35.3 Å². The van der Waals surface area contributed by atoms with Crippen LogP contribution in [0.25, 0.3) is 0 Å². The molecule has 1 unspecified atom stereocenters. The van der Waals surface area contributed by atoms with Crippen molar-refractivity contribution >= 4 is 41.3 Å². The lowest BCUT2D eigenvalue weighted by Gasteiger charge is -2.35. The van der Waals surface area contributed by atoms with Crippen LogP contribution in [0.5, 0.6) is 5.75 Å². The zero-order valence-corrected chi connectivity index (χ0v) is 20.2. The number of rotatable bonds is 8. The lowest BCUT2D eigenvalue weighted by atomic mass is 10.0. The second-order valence-electron chi connectivity index (χ2n) is 6.65. The molecule has 2 heterocycles. The monoisotopic (exact) mass is 530 g/mol. The maximum atomic E-state index is 5.54. The molecule has 0 radical (unpaired) electrons. The van der Waals surface area contributed by atoms with Crippen molar-refractivity contribution in [3.05, 3.63) is 52.2 Å². The van der Waals surface area contributed by atoms with Crippen molar-refractivity contribution in [3.8, 4) is 5.75 Å². The van der Waals surface area contributed by atoms with Gasteiger partial charge in [0.1, 0.15) is 5.75 Å². The molecule has 1 saturated heterocycles. The van der Waals surface area contributed by atoms with Crippen LogP contribution in [0.2, 0.25) is 0 Å². The predicted octanol–water partition coefficient (Wildman–Crippen LogP) is 3.16. The predicted molar refractivity (Wildman–Crippen MR) is 131 cm³/mol. The molecule has 29 heavy (non-hydrogen) atoms. The highest BCUT2D eigenvalue weighted by molar-refractivity contribution is 14.0. The average molecular weight is 530 g/mol. The number of benzene rings is 1. The van der Waals surface area contributed by atoms with Gasteiger partial charge in [0, 0.05) is 38.1 Å². The fraction of sp³-hybridized carbons (Fsp3) is 0.476. The molecule has 0 spiro atoms. The summed E-state index contributed by atoms with van der Waals surface area (Å²) in [7, 11) is 3.51. The third kappa shape index (κ3) is 7.44. The first-order valence-corrected chi connectivity index (χ1v) is 10.6. The van der Waals surface area contributed by atoms with Crippen LogP contribution in [0.1, 0.15) is 16.5 Å². The Hall–Kier alpha value is -1.36. The van der Waals surface area contributed by atoms with E-state index in [2.05, 4.69) is 50.2 Å². The van der Waals surface area contributed by atoms with Gasteiger partial charge < -0.3 is 20.1 Å².